The first kappa shape index (κ1) is 73.3. The molecule has 0 aliphatic heterocycles. The van der Waals surface area contributed by atoms with Crippen LogP contribution in [0.3, 0.4) is 0 Å². The molecule has 100 heavy (non-hydrogen) atoms. The van der Waals surface area contributed by atoms with Gasteiger partial charge in [0.25, 0.3) is 0 Å². The predicted molar refractivity (Wildman–Crippen MR) is 390 cm³/mol. The third-order valence-corrected chi connectivity index (χ3v) is 16.7. The summed E-state index contributed by atoms with van der Waals surface area (Å²) in [6.07, 6.45) is 13.0. The fourth-order valence-electron chi connectivity index (χ4n) is 10.3. The van der Waals surface area contributed by atoms with Gasteiger partial charge in [-0.3, -0.25) is 0 Å². The molecule has 0 aliphatic rings. The highest BCUT2D eigenvalue weighted by Crippen LogP contribution is 2.45. The van der Waals surface area contributed by atoms with Crippen molar-refractivity contribution in [3.63, 3.8) is 0 Å². The minimum Gasteiger partial charge on any atom is -0.871 e. The van der Waals surface area contributed by atoms with Gasteiger partial charge in [-0.1, -0.05) is 199 Å². The number of hydrogen-bond donors (Lipinski definition) is 6. The van der Waals surface area contributed by atoms with Crippen LogP contribution in [0, 0.1) is 33.5 Å². The zero-order valence-electron chi connectivity index (χ0n) is 59.8. The lowest BCUT2D eigenvalue weighted by atomic mass is 9.95. The van der Waals surface area contributed by atoms with Gasteiger partial charge in [-0.25, -0.2) is 48.7 Å². The van der Waals surface area contributed by atoms with Crippen LogP contribution in [0.25, 0.3) is 67.8 Å². The van der Waals surface area contributed by atoms with Crippen molar-refractivity contribution < 1.29 is 40.9 Å². The molecule has 0 radical (unpaired) electrons. The maximum atomic E-state index is 14.1. The van der Waals surface area contributed by atoms with Crippen LogP contribution in [0.5, 0.6) is 11.5 Å². The van der Waals surface area contributed by atoms with Crippen molar-refractivity contribution >= 4 is 69.5 Å². The molecule has 5 aromatic carbocycles. The Morgan fingerprint density at radius 3 is 0.920 bits per heavy atom. The molecule has 0 fully saturated rings. The molecule has 0 aliphatic carbocycles. The van der Waals surface area contributed by atoms with Crippen LogP contribution in [0.1, 0.15) is 162 Å². The number of aliphatic imine (C=N–C) groups is 6. The van der Waals surface area contributed by atoms with Gasteiger partial charge in [0, 0.05) is 55.7 Å². The van der Waals surface area contributed by atoms with Gasteiger partial charge in [0.1, 0.15) is 22.8 Å². The summed E-state index contributed by atoms with van der Waals surface area (Å²) in [6.45, 7) is 29.7. The smallest absolute Gasteiger partial charge is 0.191 e. The maximum Gasteiger partial charge on any atom is 0.191 e. The van der Waals surface area contributed by atoms with Crippen LogP contribution in [0.2, 0.25) is 0 Å². The molecule has 0 bridgehead atoms. The van der Waals surface area contributed by atoms with Crippen molar-refractivity contribution in [1.82, 2.24) is 60.0 Å². The highest BCUT2D eigenvalue weighted by molar-refractivity contribution is 5.95. The van der Waals surface area contributed by atoms with Gasteiger partial charge in [-0.15, -0.1) is 20.4 Å². The number of aliphatic hydroxyl groups is 6. The molecule has 26 heteroatoms. The lowest BCUT2D eigenvalue weighted by Gasteiger charge is -2.21. The molecule has 9 aromatic rings. The molecule has 6 N–H and O–H groups in total. The average Bonchev–Trinajstić information content (AvgIpc) is 1.55. The lowest BCUT2D eigenvalue weighted by molar-refractivity contribution is -0.280. The van der Waals surface area contributed by atoms with E-state index < -0.39 is 33.2 Å². The zero-order chi connectivity index (χ0) is 72.8. The largest absolute Gasteiger partial charge is 0.871 e. The van der Waals surface area contributed by atoms with E-state index in [4.69, 9.17) is 20.0 Å². The Morgan fingerprint density at radius 1 is 0.370 bits per heavy atom. The Kier molecular flexibility index (Phi) is 22.0. The van der Waals surface area contributed by atoms with Gasteiger partial charge in [-0.05, 0) is 80.3 Å². The number of hydrogen-bond acceptors (Lipinski definition) is 16. The molecule has 0 spiro atoms. The number of aromatic nitrogens is 12. The van der Waals surface area contributed by atoms with Crippen LogP contribution >= 0.6 is 0 Å². The van der Waals surface area contributed by atoms with Gasteiger partial charge in [0.05, 0.1) is 81.7 Å². The Balaban J connectivity index is 1.17. The van der Waals surface area contributed by atoms with Crippen LogP contribution in [-0.2, 0) is 0 Å². The molecule has 2 atom stereocenters. The molecule has 526 valence electrons. The van der Waals surface area contributed by atoms with Crippen LogP contribution in [0.4, 0.5) is 34.1 Å². The van der Waals surface area contributed by atoms with E-state index in [1.165, 1.54) is 37.2 Å². The Labute approximate surface area is 582 Å². The second-order valence-corrected chi connectivity index (χ2v) is 28.9. The van der Waals surface area contributed by atoms with Crippen molar-refractivity contribution in [2.24, 2.45) is 63.5 Å². The molecule has 4 aromatic heterocycles. The number of rotatable bonds is 24. The molecular formula is C74H90N18O8-2. The summed E-state index contributed by atoms with van der Waals surface area (Å²) in [5, 5.41) is 133. The monoisotopic (exact) mass is 1360 g/mol. The van der Waals surface area contributed by atoms with Gasteiger partial charge < -0.3 is 40.9 Å². The van der Waals surface area contributed by atoms with Gasteiger partial charge >= 0.3 is 0 Å². The Morgan fingerprint density at radius 2 is 0.650 bits per heavy atom. The van der Waals surface area contributed by atoms with Gasteiger partial charge in [0.15, 0.2) is 35.4 Å². The molecule has 0 saturated carbocycles. The SMILES string of the molecule is CCCCC(CC)C(O)=Nc1ccccc1-n1cc(-c2cc(-c3cn(-c4cc(-n5cc(-c6cc(-c7cn(-c8ccccc8N=C(O)C(CC)CCCC)nn7)c(N=C(O)C(C)(C)C)cc6N=C(O)C(C)(C)C)nn5)c([O-])cc4[O-])nn3)c(N=C(O)C(C)(C)C)cc2N=C(O)C(C)(C)C)nn1. The van der Waals surface area contributed by atoms with Crippen LogP contribution < -0.4 is 10.2 Å². The van der Waals surface area contributed by atoms with Crippen LogP contribution in [0.15, 0.2) is 140 Å². The van der Waals surface area contributed by atoms with Gasteiger partial charge in [0.2, 0.25) is 0 Å². The number of benzene rings is 5. The number of para-hydroxylation sites is 4. The minimum atomic E-state index is -0.845. The first-order valence-corrected chi connectivity index (χ1v) is 33.7. The average molecular weight is 1360 g/mol. The first-order chi connectivity index (χ1) is 47.2. The quantitative estimate of drug-likeness (QED) is 0.0242. The van der Waals surface area contributed by atoms with E-state index in [1.54, 1.807) is 144 Å². The third kappa shape index (κ3) is 17.0. The summed E-state index contributed by atoms with van der Waals surface area (Å²) < 4.78 is 5.43. The van der Waals surface area contributed by atoms with E-state index >= 15 is 0 Å². The predicted octanol–water partition coefficient (Wildman–Crippen LogP) is 17.0. The minimum absolute atomic E-state index is 0.0192. The second-order valence-electron chi connectivity index (χ2n) is 28.9. The van der Waals surface area contributed by atoms with Crippen molar-refractivity contribution in [2.45, 2.75) is 162 Å². The van der Waals surface area contributed by atoms with E-state index in [0.29, 0.717) is 46.7 Å². The molecule has 0 saturated heterocycles. The maximum absolute atomic E-state index is 14.1. The van der Waals surface area contributed by atoms with E-state index in [2.05, 4.69) is 65.1 Å². The Bertz CT molecular complexity index is 4330. The van der Waals surface area contributed by atoms with E-state index in [9.17, 15) is 40.9 Å². The fraction of sp³-hybridized carbons (Fsp3) is 0.405. The van der Waals surface area contributed by atoms with E-state index in [1.807, 2.05) is 38.1 Å². The lowest BCUT2D eigenvalue weighted by Crippen LogP contribution is -2.19. The summed E-state index contributed by atoms with van der Waals surface area (Å²) in [5.74, 6) is -2.60. The molecule has 26 nitrogen and oxygen atoms in total. The third-order valence-electron chi connectivity index (χ3n) is 16.7. The van der Waals surface area contributed by atoms with Crippen molar-refractivity contribution in [1.29, 1.82) is 0 Å². The van der Waals surface area contributed by atoms with Crippen molar-refractivity contribution in [2.75, 3.05) is 0 Å². The van der Waals surface area contributed by atoms with E-state index in [-0.39, 0.29) is 115 Å². The summed E-state index contributed by atoms with van der Waals surface area (Å²) >= 11 is 0. The van der Waals surface area contributed by atoms with Crippen molar-refractivity contribution in [3.8, 4) is 79.3 Å². The second kappa shape index (κ2) is 30.1. The number of unbranched alkanes of at least 4 members (excludes halogenated alkanes) is 2. The summed E-state index contributed by atoms with van der Waals surface area (Å²) in [7, 11) is 0. The standard InChI is InChI=1S/C74H92N18O8/c1-17-21-27-43(19-3)65(95)75-49-29-23-25-31-59(49)89-39-55(81-85-89)45-33-47(53(79-69(99)73(11,12)13)35-51(45)77-67(97)71(5,6)7)57-41-91(87-83-57)61-37-62(64(94)38-63(61)93)92-42-58(84-88-92)48-34-46(52(78-68(98)72(8,9)10)36-54(48)80-70(100)74(14,15)16)56-40-90(86-82-56)60-32-26-24-30-50(60)76-66(96)44(20-4)28-22-18-2/h23-26,29-44,93-94H,17-22,27-28H2,1-16H3,(H,75,95)(H,76,96)(H,77,97)(H,78,98)(H,79,99)(H,80,100)/p-2. The number of nitrogens with zero attached hydrogens (tertiary/aromatic N) is 18. The zero-order valence-corrected chi connectivity index (χ0v) is 59.8. The molecular weight excluding hydrogens is 1270 g/mol. The molecule has 4 heterocycles. The topological polar surface area (TPSA) is 364 Å². The summed E-state index contributed by atoms with van der Waals surface area (Å²) in [4.78, 5) is 28.2. The summed E-state index contributed by atoms with van der Waals surface area (Å²) in [6, 6.07) is 23.1. The van der Waals surface area contributed by atoms with Crippen LogP contribution in [-0.4, -0.2) is 126 Å². The van der Waals surface area contributed by atoms with Gasteiger partial charge in [-0.2, -0.15) is 0 Å². The molecule has 0 amide bonds. The summed E-state index contributed by atoms with van der Waals surface area (Å²) in [5.41, 5.74) is 1.22. The molecule has 2 unspecified atom stereocenters. The Hall–Kier alpha value is -10.9. The normalized spacial score (nSPS) is 14.1. The first-order valence-electron chi connectivity index (χ1n) is 33.7. The number of aliphatic hydroxyl groups excluding tert-OH is 6. The highest BCUT2D eigenvalue weighted by Gasteiger charge is 2.28. The van der Waals surface area contributed by atoms with Crippen molar-refractivity contribution in [3.05, 3.63) is 110 Å². The highest BCUT2D eigenvalue weighted by atomic mass is 16.3. The fourth-order valence-corrected chi connectivity index (χ4v) is 10.3. The molecule has 9 rings (SSSR count). The van der Waals surface area contributed by atoms with E-state index in [0.717, 1.165) is 44.6 Å².